The van der Waals surface area contributed by atoms with Crippen LogP contribution in [-0.2, 0) is 5.88 Å². The van der Waals surface area contributed by atoms with Crippen LogP contribution in [0, 0.1) is 0 Å². The smallest absolute Gasteiger partial charge is 0.183 e. The third-order valence-corrected chi connectivity index (χ3v) is 2.20. The first-order chi connectivity index (χ1) is 5.22. The second kappa shape index (κ2) is 3.93. The molecule has 1 rings (SSSR count). The molecule has 1 aromatic rings. The van der Waals surface area contributed by atoms with Gasteiger partial charge in [-0.1, -0.05) is 0 Å². The van der Waals surface area contributed by atoms with E-state index in [4.69, 9.17) is 11.6 Å². The van der Waals surface area contributed by atoms with Crippen LogP contribution in [0.2, 0.25) is 0 Å². The number of nitrogens with zero attached hydrogens (tertiary/aromatic N) is 1. The van der Waals surface area contributed by atoms with Crippen LogP contribution in [0.25, 0.3) is 0 Å². The van der Waals surface area contributed by atoms with Crippen LogP contribution in [0.4, 0.5) is 5.13 Å². The molecule has 1 N–H and O–H groups in total. The number of aromatic nitrogens is 1. The van der Waals surface area contributed by atoms with Gasteiger partial charge in [-0.15, -0.1) is 22.9 Å². The van der Waals surface area contributed by atoms with Crippen molar-refractivity contribution in [2.75, 3.05) is 5.32 Å². The predicted octanol–water partition coefficient (Wildman–Crippen LogP) is 2.70. The summed E-state index contributed by atoms with van der Waals surface area (Å²) in [6, 6.07) is 0.435. The highest BCUT2D eigenvalue weighted by molar-refractivity contribution is 7.13. The van der Waals surface area contributed by atoms with Gasteiger partial charge in [0, 0.05) is 11.4 Å². The Labute approximate surface area is 75.6 Å². The molecular formula is C7H11ClN2S. The minimum atomic E-state index is 0.435. The first-order valence-corrected chi connectivity index (χ1v) is 4.90. The second-order valence-corrected chi connectivity index (χ2v) is 3.70. The first kappa shape index (κ1) is 8.81. The topological polar surface area (TPSA) is 24.9 Å². The monoisotopic (exact) mass is 190 g/mol. The summed E-state index contributed by atoms with van der Waals surface area (Å²) in [6.45, 7) is 4.17. The van der Waals surface area contributed by atoms with Crippen molar-refractivity contribution in [1.29, 1.82) is 0 Å². The molecule has 0 aliphatic heterocycles. The minimum absolute atomic E-state index is 0.435. The molecule has 0 spiro atoms. The van der Waals surface area contributed by atoms with Gasteiger partial charge in [-0.3, -0.25) is 0 Å². The van der Waals surface area contributed by atoms with Gasteiger partial charge in [-0.2, -0.15) is 0 Å². The molecule has 0 radical (unpaired) electrons. The van der Waals surface area contributed by atoms with E-state index in [9.17, 15) is 0 Å². The van der Waals surface area contributed by atoms with Crippen LogP contribution >= 0.6 is 22.9 Å². The van der Waals surface area contributed by atoms with Crippen LogP contribution in [-0.4, -0.2) is 11.0 Å². The van der Waals surface area contributed by atoms with E-state index >= 15 is 0 Å². The number of nitrogens with one attached hydrogen (secondary N) is 1. The van der Waals surface area contributed by atoms with Crippen molar-refractivity contribution in [3.05, 3.63) is 11.1 Å². The number of rotatable bonds is 3. The lowest BCUT2D eigenvalue weighted by Gasteiger charge is -2.03. The number of halogens is 1. The fourth-order valence-electron chi connectivity index (χ4n) is 0.682. The Morgan fingerprint density at radius 3 is 2.91 bits per heavy atom. The average Bonchev–Trinajstić information content (AvgIpc) is 2.34. The zero-order valence-electron chi connectivity index (χ0n) is 6.60. The maximum Gasteiger partial charge on any atom is 0.183 e. The van der Waals surface area contributed by atoms with E-state index in [0.29, 0.717) is 11.9 Å². The summed E-state index contributed by atoms with van der Waals surface area (Å²) in [4.78, 5) is 4.24. The third kappa shape index (κ3) is 2.67. The average molecular weight is 191 g/mol. The van der Waals surface area contributed by atoms with E-state index in [0.717, 1.165) is 10.8 Å². The molecule has 1 aromatic heterocycles. The summed E-state index contributed by atoms with van der Waals surface area (Å²) in [6.07, 6.45) is 0. The number of hydrogen-bond donors (Lipinski definition) is 1. The lowest BCUT2D eigenvalue weighted by atomic mass is 10.4. The lowest BCUT2D eigenvalue weighted by Crippen LogP contribution is -2.09. The molecule has 1 heterocycles. The quantitative estimate of drug-likeness (QED) is 0.742. The summed E-state index contributed by atoms with van der Waals surface area (Å²) < 4.78 is 0. The molecule has 0 unspecified atom stereocenters. The first-order valence-electron chi connectivity index (χ1n) is 3.49. The fourth-order valence-corrected chi connectivity index (χ4v) is 1.77. The minimum Gasteiger partial charge on any atom is -0.359 e. The van der Waals surface area contributed by atoms with Crippen molar-refractivity contribution in [3.8, 4) is 0 Å². The standard InChI is InChI=1S/C7H11ClN2S/c1-5(2)9-7-10-6(3-8)4-11-7/h4-5H,3H2,1-2H3,(H,9,10). The maximum absolute atomic E-state index is 5.59. The molecule has 2 nitrogen and oxygen atoms in total. The second-order valence-electron chi connectivity index (χ2n) is 2.58. The van der Waals surface area contributed by atoms with Gasteiger partial charge >= 0.3 is 0 Å². The van der Waals surface area contributed by atoms with E-state index in [1.807, 2.05) is 5.38 Å². The van der Waals surface area contributed by atoms with E-state index in [2.05, 4.69) is 24.1 Å². The normalized spacial score (nSPS) is 10.5. The molecule has 4 heteroatoms. The SMILES string of the molecule is CC(C)Nc1nc(CCl)cs1. The summed E-state index contributed by atoms with van der Waals surface area (Å²) in [7, 11) is 0. The van der Waals surface area contributed by atoms with Crippen LogP contribution in [0.3, 0.4) is 0 Å². The van der Waals surface area contributed by atoms with Gasteiger partial charge in [0.25, 0.3) is 0 Å². The molecular weight excluding hydrogens is 180 g/mol. The highest BCUT2D eigenvalue weighted by atomic mass is 35.5. The van der Waals surface area contributed by atoms with Gasteiger partial charge in [0.2, 0.25) is 0 Å². The number of anilines is 1. The van der Waals surface area contributed by atoms with Crippen molar-refractivity contribution < 1.29 is 0 Å². The number of thiazole rings is 1. The van der Waals surface area contributed by atoms with Crippen molar-refractivity contribution in [1.82, 2.24) is 4.98 Å². The molecule has 0 aliphatic carbocycles. The largest absolute Gasteiger partial charge is 0.359 e. The molecule has 0 saturated heterocycles. The molecule has 0 fully saturated rings. The molecule has 62 valence electrons. The zero-order chi connectivity index (χ0) is 8.27. The molecule has 0 bridgehead atoms. The molecule has 0 atom stereocenters. The Bertz CT molecular complexity index is 222. The van der Waals surface area contributed by atoms with Gasteiger partial charge in [0.1, 0.15) is 0 Å². The van der Waals surface area contributed by atoms with Gasteiger partial charge in [0.05, 0.1) is 11.6 Å². The molecule has 0 aliphatic rings. The van der Waals surface area contributed by atoms with Crippen molar-refractivity contribution in [3.63, 3.8) is 0 Å². The Morgan fingerprint density at radius 1 is 1.73 bits per heavy atom. The third-order valence-electron chi connectivity index (χ3n) is 1.10. The summed E-state index contributed by atoms with van der Waals surface area (Å²) in [5.74, 6) is 0.496. The Balaban J connectivity index is 2.58. The van der Waals surface area contributed by atoms with Gasteiger partial charge in [0.15, 0.2) is 5.13 Å². The van der Waals surface area contributed by atoms with Crippen molar-refractivity contribution >= 4 is 28.1 Å². The molecule has 11 heavy (non-hydrogen) atoms. The Kier molecular flexibility index (Phi) is 3.15. The van der Waals surface area contributed by atoms with Crippen LogP contribution in [0.5, 0.6) is 0 Å². The molecule has 0 aromatic carbocycles. The highest BCUT2D eigenvalue weighted by Crippen LogP contribution is 2.17. The Morgan fingerprint density at radius 2 is 2.45 bits per heavy atom. The lowest BCUT2D eigenvalue weighted by molar-refractivity contribution is 0.894. The van der Waals surface area contributed by atoms with E-state index in [1.165, 1.54) is 0 Å². The van der Waals surface area contributed by atoms with Crippen LogP contribution in [0.1, 0.15) is 19.5 Å². The maximum atomic E-state index is 5.59. The number of alkyl halides is 1. The van der Waals surface area contributed by atoms with E-state index in [1.54, 1.807) is 11.3 Å². The fraction of sp³-hybridized carbons (Fsp3) is 0.571. The number of hydrogen-bond acceptors (Lipinski definition) is 3. The van der Waals surface area contributed by atoms with Gasteiger partial charge in [-0.25, -0.2) is 4.98 Å². The molecule has 0 saturated carbocycles. The van der Waals surface area contributed by atoms with Gasteiger partial charge < -0.3 is 5.32 Å². The van der Waals surface area contributed by atoms with Crippen LogP contribution in [0.15, 0.2) is 5.38 Å². The molecule has 0 amide bonds. The Hall–Kier alpha value is -0.280. The van der Waals surface area contributed by atoms with E-state index in [-0.39, 0.29) is 0 Å². The summed E-state index contributed by atoms with van der Waals surface area (Å²) in [5.41, 5.74) is 0.944. The van der Waals surface area contributed by atoms with E-state index < -0.39 is 0 Å². The van der Waals surface area contributed by atoms with Gasteiger partial charge in [-0.05, 0) is 13.8 Å². The van der Waals surface area contributed by atoms with Crippen LogP contribution < -0.4 is 5.32 Å². The zero-order valence-corrected chi connectivity index (χ0v) is 8.17. The summed E-state index contributed by atoms with van der Waals surface area (Å²) in [5, 5.41) is 6.13. The highest BCUT2D eigenvalue weighted by Gasteiger charge is 2.00. The van der Waals surface area contributed by atoms with Crippen molar-refractivity contribution in [2.45, 2.75) is 25.8 Å². The van der Waals surface area contributed by atoms with Crippen molar-refractivity contribution in [2.24, 2.45) is 0 Å². The predicted molar refractivity (Wildman–Crippen MR) is 50.4 cm³/mol. The summed E-state index contributed by atoms with van der Waals surface area (Å²) >= 11 is 7.19.